The second kappa shape index (κ2) is 6.02. The molecule has 0 saturated carbocycles. The topological polar surface area (TPSA) is 87.9 Å². The van der Waals surface area contributed by atoms with Gasteiger partial charge in [-0.1, -0.05) is 0 Å². The lowest BCUT2D eigenvalue weighted by molar-refractivity contribution is -0.769. The zero-order chi connectivity index (χ0) is 12.1. The van der Waals surface area contributed by atoms with Crippen LogP contribution in [0.3, 0.4) is 0 Å². The van der Waals surface area contributed by atoms with Crippen LogP contribution in [0.15, 0.2) is 0 Å². The number of nitrogens with zero attached hydrogens (tertiary/aromatic N) is 1. The van der Waals surface area contributed by atoms with Gasteiger partial charge in [0.1, 0.15) is 6.10 Å². The molecular weight excluding hydrogens is 238 g/mol. The summed E-state index contributed by atoms with van der Waals surface area (Å²) in [5.74, 6) is 0. The smallest absolute Gasteiger partial charge is 0.294 e. The van der Waals surface area contributed by atoms with Gasteiger partial charge in [-0.15, -0.1) is 22.7 Å². The molecule has 16 heavy (non-hydrogen) atoms. The lowest BCUT2D eigenvalue weighted by Gasteiger charge is -2.12. The van der Waals surface area contributed by atoms with Gasteiger partial charge in [0, 0.05) is 13.5 Å². The van der Waals surface area contributed by atoms with E-state index in [0.29, 0.717) is 6.61 Å². The van der Waals surface area contributed by atoms with E-state index in [1.807, 2.05) is 0 Å². The highest BCUT2D eigenvalue weighted by Gasteiger charge is 2.43. The molecule has 0 bridgehead atoms. The van der Waals surface area contributed by atoms with Crippen LogP contribution in [-0.4, -0.2) is 41.7 Å². The predicted molar refractivity (Wildman–Crippen MR) is 55.6 cm³/mol. The van der Waals surface area contributed by atoms with Gasteiger partial charge in [0.25, 0.3) is 5.09 Å². The monoisotopic (exact) mass is 251 g/mol. The highest BCUT2D eigenvalue weighted by molar-refractivity contribution is 7.96. The largest absolute Gasteiger partial charge is 0.373 e. The SMILES string of the molecule is CC(=O)S.O=[N+]([O-])O[C@@H]1CO[C@@H]2CCO[C@@H]21. The summed E-state index contributed by atoms with van der Waals surface area (Å²) in [6.45, 7) is 2.26. The maximum Gasteiger partial charge on any atom is 0.294 e. The van der Waals surface area contributed by atoms with E-state index in [4.69, 9.17) is 9.47 Å². The van der Waals surface area contributed by atoms with Gasteiger partial charge >= 0.3 is 0 Å². The summed E-state index contributed by atoms with van der Waals surface area (Å²) < 4.78 is 10.5. The molecule has 2 saturated heterocycles. The quantitative estimate of drug-likeness (QED) is 0.429. The van der Waals surface area contributed by atoms with Crippen LogP contribution in [0, 0.1) is 10.1 Å². The Kier molecular flexibility index (Phi) is 4.97. The highest BCUT2D eigenvalue weighted by Crippen LogP contribution is 2.28. The highest BCUT2D eigenvalue weighted by atomic mass is 32.1. The van der Waals surface area contributed by atoms with Crippen molar-refractivity contribution in [2.75, 3.05) is 13.2 Å². The molecule has 0 amide bonds. The summed E-state index contributed by atoms with van der Waals surface area (Å²) in [6.07, 6.45) is 0.0280. The summed E-state index contributed by atoms with van der Waals surface area (Å²) in [7, 11) is 0. The first-order valence-electron chi connectivity index (χ1n) is 4.74. The molecule has 0 radical (unpaired) electrons. The van der Waals surface area contributed by atoms with Crippen molar-refractivity contribution in [2.45, 2.75) is 31.7 Å². The first-order valence-corrected chi connectivity index (χ1v) is 5.19. The van der Waals surface area contributed by atoms with Crippen molar-refractivity contribution >= 4 is 17.7 Å². The zero-order valence-corrected chi connectivity index (χ0v) is 9.59. The fourth-order valence-corrected chi connectivity index (χ4v) is 1.63. The molecule has 0 spiro atoms. The first-order chi connectivity index (χ1) is 7.50. The maximum atomic E-state index is 10.0. The minimum Gasteiger partial charge on any atom is -0.373 e. The average molecular weight is 251 g/mol. The Balaban J connectivity index is 0.000000280. The van der Waals surface area contributed by atoms with Crippen molar-refractivity contribution in [1.29, 1.82) is 0 Å². The van der Waals surface area contributed by atoms with Crippen LogP contribution in [0.2, 0.25) is 0 Å². The molecule has 0 aromatic heterocycles. The average Bonchev–Trinajstić information content (AvgIpc) is 2.67. The number of ether oxygens (including phenoxy) is 2. The molecule has 2 heterocycles. The molecule has 0 aromatic carbocycles. The van der Waals surface area contributed by atoms with Crippen molar-refractivity contribution in [1.82, 2.24) is 0 Å². The lowest BCUT2D eigenvalue weighted by Crippen LogP contribution is -2.31. The van der Waals surface area contributed by atoms with E-state index in [2.05, 4.69) is 17.5 Å². The van der Waals surface area contributed by atoms with Crippen LogP contribution in [-0.2, 0) is 19.1 Å². The summed E-state index contributed by atoms with van der Waals surface area (Å²) in [6, 6.07) is 0. The minimum atomic E-state index is -0.794. The van der Waals surface area contributed by atoms with Gasteiger partial charge in [-0.25, -0.2) is 0 Å². The van der Waals surface area contributed by atoms with E-state index in [-0.39, 0.29) is 23.9 Å². The molecule has 0 aromatic rings. The van der Waals surface area contributed by atoms with Gasteiger partial charge in [-0.3, -0.25) is 4.79 Å². The van der Waals surface area contributed by atoms with Crippen LogP contribution in [0.1, 0.15) is 13.3 Å². The standard InChI is InChI=1S/C6H9NO5.C2H4OS/c8-7(9)12-5-3-11-4-1-2-10-6(4)5;1-2(3)4/h4-6H,1-3H2;1H3,(H,3,4)/t4-,5-,6+;/m1./s1. The molecule has 7 nitrogen and oxygen atoms in total. The molecule has 0 aliphatic carbocycles. The number of hydrogen-bond donors (Lipinski definition) is 1. The molecule has 2 aliphatic rings. The molecule has 8 heteroatoms. The van der Waals surface area contributed by atoms with Crippen LogP contribution in [0.4, 0.5) is 0 Å². The normalized spacial score (nSPS) is 31.2. The van der Waals surface area contributed by atoms with Crippen LogP contribution < -0.4 is 0 Å². The number of thiol groups is 1. The number of carbonyl (C=O) groups excluding carboxylic acids is 1. The molecule has 3 atom stereocenters. The van der Waals surface area contributed by atoms with Crippen LogP contribution >= 0.6 is 12.6 Å². The molecule has 2 aliphatic heterocycles. The molecular formula is C8H13NO6S. The third-order valence-electron chi connectivity index (χ3n) is 2.14. The van der Waals surface area contributed by atoms with Crippen molar-refractivity contribution < 1.29 is 24.2 Å². The van der Waals surface area contributed by atoms with Gasteiger partial charge in [-0.05, 0) is 6.42 Å². The molecule has 0 N–H and O–H groups in total. The van der Waals surface area contributed by atoms with E-state index >= 15 is 0 Å². The number of fused-ring (bicyclic) bond motifs is 1. The van der Waals surface area contributed by atoms with Crippen molar-refractivity contribution in [2.24, 2.45) is 0 Å². The Hall–Kier alpha value is -0.860. The Morgan fingerprint density at radius 1 is 1.56 bits per heavy atom. The minimum absolute atomic E-state index is 0.00468. The summed E-state index contributed by atoms with van der Waals surface area (Å²) in [5.41, 5.74) is 0. The predicted octanol–water partition coefficient (Wildman–Crippen LogP) is 0.214. The van der Waals surface area contributed by atoms with Crippen molar-refractivity contribution in [3.8, 4) is 0 Å². The Bertz CT molecular complexity index is 269. The number of rotatable bonds is 2. The second-order valence-corrected chi connectivity index (χ2v) is 4.01. The number of carbonyl (C=O) groups is 1. The van der Waals surface area contributed by atoms with E-state index in [1.54, 1.807) is 0 Å². The molecule has 92 valence electrons. The van der Waals surface area contributed by atoms with Crippen molar-refractivity contribution in [3.63, 3.8) is 0 Å². The van der Waals surface area contributed by atoms with Gasteiger partial charge in [0.2, 0.25) is 0 Å². The van der Waals surface area contributed by atoms with Crippen LogP contribution in [0.5, 0.6) is 0 Å². The van der Waals surface area contributed by atoms with Gasteiger partial charge in [-0.2, -0.15) is 0 Å². The summed E-state index contributed by atoms with van der Waals surface area (Å²) in [5, 5.41) is 9.08. The fourth-order valence-electron chi connectivity index (χ4n) is 1.63. The third kappa shape index (κ3) is 3.95. The van der Waals surface area contributed by atoms with E-state index < -0.39 is 11.2 Å². The van der Waals surface area contributed by atoms with Gasteiger partial charge in [0.05, 0.1) is 12.7 Å². The number of hydrogen-bond acceptors (Lipinski definition) is 6. The fraction of sp³-hybridized carbons (Fsp3) is 0.875. The van der Waals surface area contributed by atoms with Gasteiger partial charge < -0.3 is 14.3 Å². The molecule has 2 rings (SSSR count). The van der Waals surface area contributed by atoms with E-state index in [9.17, 15) is 14.9 Å². The Labute approximate surface area is 97.6 Å². The van der Waals surface area contributed by atoms with E-state index in [1.165, 1.54) is 6.92 Å². The zero-order valence-electron chi connectivity index (χ0n) is 8.70. The maximum absolute atomic E-state index is 10.0. The summed E-state index contributed by atoms with van der Waals surface area (Å²) >= 11 is 3.33. The summed E-state index contributed by atoms with van der Waals surface area (Å²) in [4.78, 5) is 23.7. The molecule has 0 unspecified atom stereocenters. The second-order valence-electron chi connectivity index (χ2n) is 3.38. The van der Waals surface area contributed by atoms with E-state index in [0.717, 1.165) is 6.42 Å². The lowest BCUT2D eigenvalue weighted by atomic mass is 10.1. The van der Waals surface area contributed by atoms with Crippen molar-refractivity contribution in [3.05, 3.63) is 10.1 Å². The first kappa shape index (κ1) is 13.2. The molecule has 2 fully saturated rings. The Morgan fingerprint density at radius 3 is 2.75 bits per heavy atom. The Morgan fingerprint density at radius 2 is 2.19 bits per heavy atom. The van der Waals surface area contributed by atoms with Gasteiger partial charge in [0.15, 0.2) is 11.2 Å². The van der Waals surface area contributed by atoms with Crippen LogP contribution in [0.25, 0.3) is 0 Å². The third-order valence-corrected chi connectivity index (χ3v) is 2.14.